The largest absolute Gasteiger partial charge is 0.369 e. The van der Waals surface area contributed by atoms with Crippen LogP contribution in [0.4, 0.5) is 0 Å². The van der Waals surface area contributed by atoms with Gasteiger partial charge in [0.2, 0.25) is 5.91 Å². The lowest BCUT2D eigenvalue weighted by Crippen LogP contribution is -2.38. The molecule has 2 amide bonds. The van der Waals surface area contributed by atoms with E-state index in [4.69, 9.17) is 17.3 Å². The summed E-state index contributed by atoms with van der Waals surface area (Å²) in [7, 11) is 0. The van der Waals surface area contributed by atoms with Crippen molar-refractivity contribution in [2.75, 3.05) is 32.7 Å². The first kappa shape index (κ1) is 14.7. The topological polar surface area (TPSA) is 79.5 Å². The highest BCUT2D eigenvalue weighted by atomic mass is 35.5. The van der Waals surface area contributed by atoms with Gasteiger partial charge >= 0.3 is 0 Å². The second-order valence-corrected chi connectivity index (χ2v) is 5.14. The predicted molar refractivity (Wildman–Crippen MR) is 75.4 cm³/mol. The molecule has 0 spiro atoms. The summed E-state index contributed by atoms with van der Waals surface area (Å²) in [5.74, 6) is -0.402. The van der Waals surface area contributed by atoms with E-state index in [0.717, 1.165) is 13.0 Å². The van der Waals surface area contributed by atoms with Gasteiger partial charge in [0, 0.05) is 37.9 Å². The summed E-state index contributed by atoms with van der Waals surface area (Å²) in [4.78, 5) is 30.9. The second-order valence-electron chi connectivity index (χ2n) is 4.76. The number of carbonyl (C=O) groups is 2. The molecule has 1 aromatic heterocycles. The molecule has 108 valence electrons. The Morgan fingerprint density at radius 1 is 1.30 bits per heavy atom. The molecule has 0 atom stereocenters. The summed E-state index contributed by atoms with van der Waals surface area (Å²) in [6.07, 6.45) is 2.34. The fraction of sp³-hybridized carbons (Fsp3) is 0.462. The van der Waals surface area contributed by atoms with E-state index in [-0.39, 0.29) is 18.4 Å². The number of hydrogen-bond donors (Lipinski definition) is 1. The number of nitrogens with zero attached hydrogens (tertiary/aromatic N) is 3. The van der Waals surface area contributed by atoms with Crippen LogP contribution >= 0.6 is 11.6 Å². The van der Waals surface area contributed by atoms with Crippen LogP contribution in [0.1, 0.15) is 16.8 Å². The quantitative estimate of drug-likeness (QED) is 0.817. The van der Waals surface area contributed by atoms with Crippen LogP contribution in [0.2, 0.25) is 5.15 Å². The molecule has 2 heterocycles. The molecule has 0 aromatic carbocycles. The van der Waals surface area contributed by atoms with E-state index >= 15 is 0 Å². The molecule has 1 fully saturated rings. The van der Waals surface area contributed by atoms with Crippen molar-refractivity contribution in [2.24, 2.45) is 5.73 Å². The van der Waals surface area contributed by atoms with Crippen LogP contribution in [0.15, 0.2) is 18.3 Å². The molecule has 20 heavy (non-hydrogen) atoms. The lowest BCUT2D eigenvalue weighted by Gasteiger charge is -2.21. The van der Waals surface area contributed by atoms with Gasteiger partial charge in [0.1, 0.15) is 5.15 Å². The van der Waals surface area contributed by atoms with Gasteiger partial charge in [-0.25, -0.2) is 4.98 Å². The van der Waals surface area contributed by atoms with Crippen LogP contribution in [-0.4, -0.2) is 59.3 Å². The van der Waals surface area contributed by atoms with Gasteiger partial charge in [-0.1, -0.05) is 11.6 Å². The minimum Gasteiger partial charge on any atom is -0.369 e. The number of carbonyl (C=O) groups excluding carboxylic acids is 2. The number of nitrogens with two attached hydrogens (primary N) is 1. The van der Waals surface area contributed by atoms with E-state index in [1.807, 2.05) is 4.90 Å². The molecule has 1 saturated heterocycles. The number of aromatic nitrogens is 1. The van der Waals surface area contributed by atoms with Crippen molar-refractivity contribution in [2.45, 2.75) is 6.42 Å². The molecular formula is C13H17ClN4O2. The standard InChI is InChI=1S/C13H17ClN4O2/c14-11-8-10(2-3-16-11)13(20)18-5-1-4-17(6-7-18)9-12(15)19/h2-3,8H,1,4-7,9H2,(H2,15,19). The van der Waals surface area contributed by atoms with E-state index in [1.165, 1.54) is 6.20 Å². The molecule has 1 aliphatic heterocycles. The number of primary amides is 1. The van der Waals surface area contributed by atoms with Gasteiger partial charge in [0.15, 0.2) is 0 Å². The minimum absolute atomic E-state index is 0.0600. The van der Waals surface area contributed by atoms with Crippen LogP contribution in [0.5, 0.6) is 0 Å². The third-order valence-electron chi connectivity index (χ3n) is 3.23. The van der Waals surface area contributed by atoms with Crippen LogP contribution in [0, 0.1) is 0 Å². The number of amides is 2. The molecule has 6 nitrogen and oxygen atoms in total. The average Bonchev–Trinajstić information content (AvgIpc) is 2.63. The molecule has 1 aliphatic rings. The Balaban J connectivity index is 1.99. The van der Waals surface area contributed by atoms with Crippen LogP contribution < -0.4 is 5.73 Å². The molecule has 0 unspecified atom stereocenters. The lowest BCUT2D eigenvalue weighted by atomic mass is 10.2. The Morgan fingerprint density at radius 3 is 2.80 bits per heavy atom. The summed E-state index contributed by atoms with van der Waals surface area (Å²) < 4.78 is 0. The van der Waals surface area contributed by atoms with Gasteiger partial charge in [-0.15, -0.1) is 0 Å². The lowest BCUT2D eigenvalue weighted by molar-refractivity contribution is -0.119. The maximum atomic E-state index is 12.4. The maximum Gasteiger partial charge on any atom is 0.254 e. The number of pyridine rings is 1. The molecule has 0 aliphatic carbocycles. The highest BCUT2D eigenvalue weighted by Crippen LogP contribution is 2.12. The van der Waals surface area contributed by atoms with Crippen molar-refractivity contribution in [3.8, 4) is 0 Å². The zero-order valence-corrected chi connectivity index (χ0v) is 11.8. The minimum atomic E-state index is -0.342. The van der Waals surface area contributed by atoms with Crippen molar-refractivity contribution in [1.82, 2.24) is 14.8 Å². The van der Waals surface area contributed by atoms with E-state index < -0.39 is 0 Å². The Kier molecular flexibility index (Phi) is 4.92. The Labute approximate surface area is 122 Å². The molecule has 7 heteroatoms. The fourth-order valence-corrected chi connectivity index (χ4v) is 2.44. The summed E-state index contributed by atoms with van der Waals surface area (Å²) in [6.45, 7) is 2.89. The number of halogens is 1. The molecule has 0 saturated carbocycles. The van der Waals surface area contributed by atoms with Crippen LogP contribution in [0.3, 0.4) is 0 Å². The third kappa shape index (κ3) is 3.91. The molecule has 2 rings (SSSR count). The van der Waals surface area contributed by atoms with Gasteiger partial charge < -0.3 is 10.6 Å². The van der Waals surface area contributed by atoms with Crippen LogP contribution in [0.25, 0.3) is 0 Å². The highest BCUT2D eigenvalue weighted by molar-refractivity contribution is 6.29. The van der Waals surface area contributed by atoms with Gasteiger partial charge in [-0.05, 0) is 18.6 Å². The van der Waals surface area contributed by atoms with Gasteiger partial charge in [-0.3, -0.25) is 14.5 Å². The number of rotatable bonds is 3. The van der Waals surface area contributed by atoms with Gasteiger partial charge in [0.25, 0.3) is 5.91 Å². The molecular weight excluding hydrogens is 280 g/mol. The first-order valence-corrected chi connectivity index (χ1v) is 6.85. The molecule has 2 N–H and O–H groups in total. The zero-order chi connectivity index (χ0) is 14.5. The Hall–Kier alpha value is -1.66. The molecule has 0 bridgehead atoms. The maximum absolute atomic E-state index is 12.4. The van der Waals surface area contributed by atoms with Crippen molar-refractivity contribution >= 4 is 23.4 Å². The highest BCUT2D eigenvalue weighted by Gasteiger charge is 2.21. The zero-order valence-electron chi connectivity index (χ0n) is 11.1. The summed E-state index contributed by atoms with van der Waals surface area (Å²) in [6, 6.07) is 3.22. The SMILES string of the molecule is NC(=O)CN1CCCN(C(=O)c2ccnc(Cl)c2)CC1. The molecule has 1 aromatic rings. The van der Waals surface area contributed by atoms with E-state index in [0.29, 0.717) is 30.4 Å². The van der Waals surface area contributed by atoms with E-state index in [1.54, 1.807) is 17.0 Å². The van der Waals surface area contributed by atoms with Crippen molar-refractivity contribution in [3.05, 3.63) is 29.0 Å². The number of hydrogen-bond acceptors (Lipinski definition) is 4. The predicted octanol–water partition coefficient (Wildman–Crippen LogP) is 0.368. The first-order chi connectivity index (χ1) is 9.56. The van der Waals surface area contributed by atoms with E-state index in [9.17, 15) is 9.59 Å². The van der Waals surface area contributed by atoms with Crippen molar-refractivity contribution in [1.29, 1.82) is 0 Å². The third-order valence-corrected chi connectivity index (χ3v) is 3.44. The summed E-state index contributed by atoms with van der Waals surface area (Å²) in [5.41, 5.74) is 5.73. The fourth-order valence-electron chi connectivity index (χ4n) is 2.27. The Morgan fingerprint density at radius 2 is 2.10 bits per heavy atom. The van der Waals surface area contributed by atoms with Crippen molar-refractivity contribution in [3.63, 3.8) is 0 Å². The normalized spacial score (nSPS) is 16.8. The van der Waals surface area contributed by atoms with E-state index in [2.05, 4.69) is 4.98 Å². The van der Waals surface area contributed by atoms with Crippen molar-refractivity contribution < 1.29 is 9.59 Å². The Bertz CT molecular complexity index is 509. The summed E-state index contributed by atoms with van der Waals surface area (Å²) in [5, 5.41) is 0.307. The van der Waals surface area contributed by atoms with Crippen LogP contribution in [-0.2, 0) is 4.79 Å². The summed E-state index contributed by atoms with van der Waals surface area (Å²) >= 11 is 5.80. The van der Waals surface area contributed by atoms with Gasteiger partial charge in [-0.2, -0.15) is 0 Å². The second kappa shape index (κ2) is 6.67. The smallest absolute Gasteiger partial charge is 0.254 e. The monoisotopic (exact) mass is 296 g/mol. The first-order valence-electron chi connectivity index (χ1n) is 6.48. The molecule has 0 radical (unpaired) electrons. The van der Waals surface area contributed by atoms with Gasteiger partial charge in [0.05, 0.1) is 6.54 Å². The average molecular weight is 297 g/mol.